The number of aliphatic hydroxyl groups excluding tert-OH is 1. The largest absolute Gasteiger partial charge is 0.476 e. The minimum absolute atomic E-state index is 0.0474. The van der Waals surface area contributed by atoms with Crippen molar-refractivity contribution < 1.29 is 23.1 Å². The van der Waals surface area contributed by atoms with Gasteiger partial charge in [0.15, 0.2) is 5.60 Å². The third-order valence-corrected chi connectivity index (χ3v) is 4.51. The molecule has 116 valence electrons. The fourth-order valence-corrected chi connectivity index (χ4v) is 2.91. The van der Waals surface area contributed by atoms with Gasteiger partial charge in [0.1, 0.15) is 5.75 Å². The van der Waals surface area contributed by atoms with Gasteiger partial charge in [-0.25, -0.2) is 13.1 Å². The third-order valence-electron chi connectivity index (χ3n) is 3.05. The van der Waals surface area contributed by atoms with Gasteiger partial charge in [-0.05, 0) is 32.4 Å². The molecule has 0 saturated heterocycles. The molecule has 7 nitrogen and oxygen atoms in total. The van der Waals surface area contributed by atoms with Gasteiger partial charge in [-0.2, -0.15) is 0 Å². The molecule has 21 heavy (non-hydrogen) atoms. The van der Waals surface area contributed by atoms with E-state index in [2.05, 4.69) is 10.0 Å². The quantitative estimate of drug-likeness (QED) is 0.685. The molecule has 0 spiro atoms. The molecule has 0 aliphatic carbocycles. The smallest absolute Gasteiger partial charge is 0.268 e. The van der Waals surface area contributed by atoms with Gasteiger partial charge in [-0.15, -0.1) is 0 Å². The van der Waals surface area contributed by atoms with Crippen molar-refractivity contribution in [3.8, 4) is 5.75 Å². The molecule has 0 fully saturated rings. The number of sulfonamides is 1. The second-order valence-corrected chi connectivity index (χ2v) is 6.97. The summed E-state index contributed by atoms with van der Waals surface area (Å²) in [5, 5.41) is 11.3. The molecule has 1 aliphatic rings. The zero-order valence-corrected chi connectivity index (χ0v) is 12.7. The van der Waals surface area contributed by atoms with Gasteiger partial charge in [-0.1, -0.05) is 0 Å². The molecule has 0 unspecified atom stereocenters. The number of benzene rings is 1. The van der Waals surface area contributed by atoms with Crippen LogP contribution < -0.4 is 14.8 Å². The van der Waals surface area contributed by atoms with Crippen molar-refractivity contribution in [3.63, 3.8) is 0 Å². The summed E-state index contributed by atoms with van der Waals surface area (Å²) in [5.74, 6) is 0.0244. The van der Waals surface area contributed by atoms with E-state index in [0.717, 1.165) is 0 Å². The molecule has 1 aromatic carbocycles. The first-order valence-corrected chi connectivity index (χ1v) is 7.99. The summed E-state index contributed by atoms with van der Waals surface area (Å²) >= 11 is 0. The van der Waals surface area contributed by atoms with Crippen LogP contribution in [-0.4, -0.2) is 38.2 Å². The Hall–Kier alpha value is -1.64. The Labute approximate surface area is 123 Å². The van der Waals surface area contributed by atoms with E-state index >= 15 is 0 Å². The van der Waals surface area contributed by atoms with E-state index in [0.29, 0.717) is 17.9 Å². The lowest BCUT2D eigenvalue weighted by Crippen LogP contribution is -2.45. The van der Waals surface area contributed by atoms with Crippen molar-refractivity contribution in [2.75, 3.05) is 18.5 Å². The summed E-state index contributed by atoms with van der Waals surface area (Å²) in [5.41, 5.74) is -0.617. The van der Waals surface area contributed by atoms with E-state index in [1.807, 2.05) is 0 Å². The maximum atomic E-state index is 12.1. The number of hydrogen-bond donors (Lipinski definition) is 3. The molecule has 0 atom stereocenters. The summed E-state index contributed by atoms with van der Waals surface area (Å²) in [6, 6.07) is 4.25. The number of aliphatic hydroxyl groups is 1. The topological polar surface area (TPSA) is 105 Å². The lowest BCUT2D eigenvalue weighted by molar-refractivity contribution is -0.129. The Bertz CT molecular complexity index is 655. The molecule has 1 aromatic rings. The Balaban J connectivity index is 2.27. The molecule has 0 saturated carbocycles. The number of anilines is 1. The molecule has 1 heterocycles. The summed E-state index contributed by atoms with van der Waals surface area (Å²) in [7, 11) is -3.67. The molecule has 8 heteroatoms. The zero-order chi connectivity index (χ0) is 15.7. The average Bonchev–Trinajstić information content (AvgIpc) is 2.39. The fourth-order valence-electron chi connectivity index (χ4n) is 1.82. The van der Waals surface area contributed by atoms with Crippen LogP contribution in [-0.2, 0) is 14.8 Å². The number of carbonyl (C=O) groups is 1. The summed E-state index contributed by atoms with van der Waals surface area (Å²) < 4.78 is 32.1. The van der Waals surface area contributed by atoms with Crippen molar-refractivity contribution in [1.82, 2.24) is 4.72 Å². The van der Waals surface area contributed by atoms with Gasteiger partial charge in [0, 0.05) is 19.2 Å². The van der Waals surface area contributed by atoms with Crippen LogP contribution in [0.2, 0.25) is 0 Å². The molecule has 2 rings (SSSR count). The number of amides is 1. The van der Waals surface area contributed by atoms with Crippen LogP contribution >= 0.6 is 0 Å². The lowest BCUT2D eigenvalue weighted by Gasteiger charge is -2.31. The second-order valence-electron chi connectivity index (χ2n) is 5.20. The molecular formula is C13H18N2O5S. The predicted molar refractivity (Wildman–Crippen MR) is 76.7 cm³/mol. The number of ether oxygens (including phenoxy) is 1. The SMILES string of the molecule is CC1(C)Oc2cc(S(=O)(=O)NCCCO)ccc2NC1=O. The number of fused-ring (bicyclic) bond motifs is 1. The molecule has 0 radical (unpaired) electrons. The summed E-state index contributed by atoms with van der Waals surface area (Å²) in [6.45, 7) is 3.27. The van der Waals surface area contributed by atoms with E-state index < -0.39 is 15.6 Å². The summed E-state index contributed by atoms with van der Waals surface area (Å²) in [6.07, 6.45) is 0.337. The Morgan fingerprint density at radius 3 is 2.76 bits per heavy atom. The van der Waals surface area contributed by atoms with E-state index in [4.69, 9.17) is 9.84 Å². The third kappa shape index (κ3) is 3.34. The molecule has 0 aromatic heterocycles. The first-order valence-electron chi connectivity index (χ1n) is 6.51. The van der Waals surface area contributed by atoms with Gasteiger partial charge < -0.3 is 15.2 Å². The van der Waals surface area contributed by atoms with Crippen LogP contribution in [0.25, 0.3) is 0 Å². The monoisotopic (exact) mass is 314 g/mol. The second kappa shape index (κ2) is 5.63. The molecule has 1 amide bonds. The van der Waals surface area contributed by atoms with Gasteiger partial charge in [0.25, 0.3) is 5.91 Å². The van der Waals surface area contributed by atoms with Crippen LogP contribution in [0.4, 0.5) is 5.69 Å². The van der Waals surface area contributed by atoms with Crippen molar-refractivity contribution in [2.24, 2.45) is 0 Å². The molecule has 1 aliphatic heterocycles. The van der Waals surface area contributed by atoms with Crippen LogP contribution in [0, 0.1) is 0 Å². The Morgan fingerprint density at radius 1 is 1.38 bits per heavy atom. The van der Waals surface area contributed by atoms with E-state index in [1.165, 1.54) is 18.2 Å². The van der Waals surface area contributed by atoms with Crippen molar-refractivity contribution in [3.05, 3.63) is 18.2 Å². The van der Waals surface area contributed by atoms with Crippen LogP contribution in [0.3, 0.4) is 0 Å². The van der Waals surface area contributed by atoms with Crippen LogP contribution in [0.1, 0.15) is 20.3 Å². The predicted octanol–water partition coefficient (Wildman–Crippen LogP) is 0.457. The number of hydrogen-bond acceptors (Lipinski definition) is 5. The highest BCUT2D eigenvalue weighted by molar-refractivity contribution is 7.89. The Kier molecular flexibility index (Phi) is 4.22. The highest BCUT2D eigenvalue weighted by atomic mass is 32.2. The standard InChI is InChI=1S/C13H18N2O5S/c1-13(2)12(17)15-10-5-4-9(8-11(10)20-13)21(18,19)14-6-3-7-16/h4-5,8,14,16H,3,6-7H2,1-2H3,(H,15,17). The van der Waals surface area contributed by atoms with Crippen molar-refractivity contribution >= 4 is 21.6 Å². The van der Waals surface area contributed by atoms with Crippen molar-refractivity contribution in [1.29, 1.82) is 0 Å². The number of rotatable bonds is 5. The minimum Gasteiger partial charge on any atom is -0.476 e. The van der Waals surface area contributed by atoms with Crippen LogP contribution in [0.15, 0.2) is 23.1 Å². The zero-order valence-electron chi connectivity index (χ0n) is 11.8. The first kappa shape index (κ1) is 15.7. The normalized spacial score (nSPS) is 16.8. The fraction of sp³-hybridized carbons (Fsp3) is 0.462. The highest BCUT2D eigenvalue weighted by Gasteiger charge is 2.35. The molecule has 0 bridgehead atoms. The van der Waals surface area contributed by atoms with Gasteiger partial charge in [-0.3, -0.25) is 4.79 Å². The number of carbonyl (C=O) groups excluding carboxylic acids is 1. The Morgan fingerprint density at radius 2 is 2.10 bits per heavy atom. The maximum absolute atomic E-state index is 12.1. The van der Waals surface area contributed by atoms with Crippen molar-refractivity contribution in [2.45, 2.75) is 30.8 Å². The average molecular weight is 314 g/mol. The van der Waals surface area contributed by atoms with Gasteiger partial charge in [0.05, 0.1) is 10.6 Å². The van der Waals surface area contributed by atoms with Gasteiger partial charge in [0.2, 0.25) is 10.0 Å². The van der Waals surface area contributed by atoms with Crippen LogP contribution in [0.5, 0.6) is 5.75 Å². The number of nitrogens with one attached hydrogen (secondary N) is 2. The highest BCUT2D eigenvalue weighted by Crippen LogP contribution is 2.35. The van der Waals surface area contributed by atoms with E-state index in [1.54, 1.807) is 13.8 Å². The molecule has 3 N–H and O–H groups in total. The minimum atomic E-state index is -3.67. The molecular weight excluding hydrogens is 296 g/mol. The van der Waals surface area contributed by atoms with E-state index in [9.17, 15) is 13.2 Å². The summed E-state index contributed by atoms with van der Waals surface area (Å²) in [4.78, 5) is 11.8. The van der Waals surface area contributed by atoms with E-state index in [-0.39, 0.29) is 24.0 Å². The maximum Gasteiger partial charge on any atom is 0.268 e. The first-order chi connectivity index (χ1) is 9.76. The lowest BCUT2D eigenvalue weighted by atomic mass is 10.1. The van der Waals surface area contributed by atoms with Gasteiger partial charge >= 0.3 is 0 Å².